The van der Waals surface area contributed by atoms with Gasteiger partial charge in [-0.2, -0.15) is 0 Å². The molecule has 1 atom stereocenters. The van der Waals surface area contributed by atoms with E-state index in [1.807, 2.05) is 24.3 Å². The summed E-state index contributed by atoms with van der Waals surface area (Å²) in [5.74, 6) is 0.352. The number of carbonyl (C=O) groups is 2. The minimum Gasteiger partial charge on any atom is -0.494 e. The van der Waals surface area contributed by atoms with E-state index in [9.17, 15) is 9.59 Å². The Bertz CT molecular complexity index is 438. The Labute approximate surface area is 120 Å². The number of carbonyl (C=O) groups excluding carboxylic acids is 2. The first-order valence-corrected chi connectivity index (χ1v) is 6.84. The molecule has 0 bridgehead atoms. The highest BCUT2D eigenvalue weighted by Gasteiger charge is 2.36. The molecule has 0 aromatic heterocycles. The molecule has 20 heavy (non-hydrogen) atoms. The molecule has 110 valence electrons. The van der Waals surface area contributed by atoms with Gasteiger partial charge in [-0.3, -0.25) is 4.79 Å². The number of ether oxygens (including phenoxy) is 2. The van der Waals surface area contributed by atoms with E-state index in [1.165, 1.54) is 7.11 Å². The Kier molecular flexibility index (Phi) is 6.22. The van der Waals surface area contributed by atoms with Crippen LogP contribution in [0, 0.1) is 0 Å². The molecule has 0 saturated heterocycles. The average Bonchev–Trinajstić information content (AvgIpc) is 2.47. The molecule has 0 heterocycles. The van der Waals surface area contributed by atoms with Crippen molar-refractivity contribution in [2.24, 2.45) is 0 Å². The zero-order valence-electron chi connectivity index (χ0n) is 12.3. The lowest BCUT2D eigenvalue weighted by atomic mass is 9.80. The molecule has 0 aliphatic heterocycles. The molecule has 0 amide bonds. The summed E-state index contributed by atoms with van der Waals surface area (Å²) in [6.45, 7) is 4.49. The van der Waals surface area contributed by atoms with Crippen molar-refractivity contribution < 1.29 is 19.1 Å². The van der Waals surface area contributed by atoms with Gasteiger partial charge in [0, 0.05) is 6.42 Å². The second kappa shape index (κ2) is 7.68. The Balaban J connectivity index is 2.88. The van der Waals surface area contributed by atoms with Gasteiger partial charge in [0.25, 0.3) is 0 Å². The third-order valence-electron chi connectivity index (χ3n) is 3.39. The summed E-state index contributed by atoms with van der Waals surface area (Å²) >= 11 is 0. The molecule has 4 nitrogen and oxygen atoms in total. The molecule has 0 saturated carbocycles. The highest BCUT2D eigenvalue weighted by atomic mass is 16.5. The Morgan fingerprint density at radius 2 is 1.95 bits per heavy atom. The van der Waals surface area contributed by atoms with Crippen molar-refractivity contribution in [1.29, 1.82) is 0 Å². The van der Waals surface area contributed by atoms with Crippen LogP contribution in [-0.2, 0) is 19.7 Å². The lowest BCUT2D eigenvalue weighted by molar-refractivity contribution is -0.148. The molecular formula is C16H22O4. The molecule has 0 spiro atoms. The van der Waals surface area contributed by atoms with E-state index in [1.54, 1.807) is 6.92 Å². The molecule has 0 fully saturated rings. The summed E-state index contributed by atoms with van der Waals surface area (Å²) in [4.78, 5) is 22.7. The van der Waals surface area contributed by atoms with Crippen LogP contribution in [0.25, 0.3) is 0 Å². The molecule has 0 N–H and O–H groups in total. The maximum absolute atomic E-state index is 11.9. The molecule has 1 aromatic rings. The molecule has 0 unspecified atom stereocenters. The first-order chi connectivity index (χ1) is 9.58. The SMILES string of the molecule is CCCCOc1ccc([C@@](C)(CC=O)C(=O)OC)cc1. The van der Waals surface area contributed by atoms with Crippen LogP contribution in [0.5, 0.6) is 5.75 Å². The Morgan fingerprint density at radius 1 is 1.30 bits per heavy atom. The summed E-state index contributed by atoms with van der Waals surface area (Å²) in [7, 11) is 1.33. The molecule has 0 aliphatic rings. The predicted molar refractivity (Wildman–Crippen MR) is 76.9 cm³/mol. The van der Waals surface area contributed by atoms with E-state index in [0.717, 1.165) is 30.4 Å². The van der Waals surface area contributed by atoms with Crippen molar-refractivity contribution in [3.63, 3.8) is 0 Å². The quantitative estimate of drug-likeness (QED) is 0.417. The Morgan fingerprint density at radius 3 is 2.45 bits per heavy atom. The van der Waals surface area contributed by atoms with Crippen molar-refractivity contribution in [3.8, 4) is 5.75 Å². The van der Waals surface area contributed by atoms with Crippen LogP contribution in [0.4, 0.5) is 0 Å². The fourth-order valence-corrected chi connectivity index (χ4v) is 1.96. The molecule has 1 rings (SSSR count). The minimum absolute atomic E-state index is 0.0930. The van der Waals surface area contributed by atoms with Gasteiger partial charge < -0.3 is 14.3 Å². The zero-order valence-corrected chi connectivity index (χ0v) is 12.3. The van der Waals surface area contributed by atoms with Gasteiger partial charge in [0.05, 0.1) is 19.1 Å². The third-order valence-corrected chi connectivity index (χ3v) is 3.39. The minimum atomic E-state index is -0.946. The summed E-state index contributed by atoms with van der Waals surface area (Å²) in [6, 6.07) is 7.25. The number of hydrogen-bond acceptors (Lipinski definition) is 4. The van der Waals surface area contributed by atoms with E-state index in [-0.39, 0.29) is 6.42 Å². The normalized spacial score (nSPS) is 13.3. The molecular weight excluding hydrogens is 256 g/mol. The average molecular weight is 278 g/mol. The lowest BCUT2D eigenvalue weighted by Gasteiger charge is -2.25. The van der Waals surface area contributed by atoms with E-state index in [4.69, 9.17) is 9.47 Å². The van der Waals surface area contributed by atoms with Crippen LogP contribution in [0.1, 0.15) is 38.7 Å². The van der Waals surface area contributed by atoms with Gasteiger partial charge in [0.2, 0.25) is 0 Å². The summed E-state index contributed by atoms with van der Waals surface area (Å²) in [5.41, 5.74) is -0.197. The summed E-state index contributed by atoms with van der Waals surface area (Å²) in [5, 5.41) is 0. The number of hydrogen-bond donors (Lipinski definition) is 0. The van der Waals surface area contributed by atoms with Crippen molar-refractivity contribution >= 4 is 12.3 Å². The summed E-state index contributed by atoms with van der Waals surface area (Å²) in [6.07, 6.45) is 2.92. The van der Waals surface area contributed by atoms with Crippen LogP contribution in [0.3, 0.4) is 0 Å². The number of rotatable bonds is 8. The topological polar surface area (TPSA) is 52.6 Å². The second-order valence-corrected chi connectivity index (χ2v) is 4.92. The zero-order chi connectivity index (χ0) is 15.0. The second-order valence-electron chi connectivity index (χ2n) is 4.92. The fraction of sp³-hybridized carbons (Fsp3) is 0.500. The fourth-order valence-electron chi connectivity index (χ4n) is 1.96. The van der Waals surface area contributed by atoms with Crippen LogP contribution in [0.2, 0.25) is 0 Å². The number of esters is 1. The third kappa shape index (κ3) is 3.83. The first-order valence-electron chi connectivity index (χ1n) is 6.84. The van der Waals surface area contributed by atoms with Gasteiger partial charge in [-0.05, 0) is 31.0 Å². The van der Waals surface area contributed by atoms with Crippen molar-refractivity contribution in [3.05, 3.63) is 29.8 Å². The standard InChI is InChI=1S/C16H22O4/c1-4-5-12-20-14-8-6-13(7-9-14)16(2,10-11-17)15(18)19-3/h6-9,11H,4-5,10,12H2,1-3H3/t16-/m1/s1. The molecule has 0 aliphatic carbocycles. The van der Waals surface area contributed by atoms with Crippen molar-refractivity contribution in [1.82, 2.24) is 0 Å². The Hall–Kier alpha value is -1.84. The van der Waals surface area contributed by atoms with E-state index in [0.29, 0.717) is 6.61 Å². The van der Waals surface area contributed by atoms with Crippen LogP contribution >= 0.6 is 0 Å². The van der Waals surface area contributed by atoms with Crippen molar-refractivity contribution in [2.45, 2.75) is 38.5 Å². The van der Waals surface area contributed by atoms with Crippen LogP contribution < -0.4 is 4.74 Å². The first kappa shape index (κ1) is 16.2. The van der Waals surface area contributed by atoms with Crippen molar-refractivity contribution in [2.75, 3.05) is 13.7 Å². The highest BCUT2D eigenvalue weighted by Crippen LogP contribution is 2.29. The van der Waals surface area contributed by atoms with Gasteiger partial charge in [0.1, 0.15) is 12.0 Å². The maximum Gasteiger partial charge on any atom is 0.316 e. The predicted octanol–water partition coefficient (Wildman–Crippen LogP) is 2.89. The van der Waals surface area contributed by atoms with Gasteiger partial charge in [-0.25, -0.2) is 0 Å². The van der Waals surface area contributed by atoms with E-state index >= 15 is 0 Å². The van der Waals surface area contributed by atoms with Crippen LogP contribution in [-0.4, -0.2) is 26.0 Å². The molecule has 0 radical (unpaired) electrons. The van der Waals surface area contributed by atoms with E-state index < -0.39 is 11.4 Å². The van der Waals surface area contributed by atoms with Gasteiger partial charge in [0.15, 0.2) is 0 Å². The van der Waals surface area contributed by atoms with Gasteiger partial charge >= 0.3 is 5.97 Å². The number of unbranched alkanes of at least 4 members (excludes halogenated alkanes) is 1. The van der Waals surface area contributed by atoms with Gasteiger partial charge in [-0.1, -0.05) is 25.5 Å². The lowest BCUT2D eigenvalue weighted by Crippen LogP contribution is -2.34. The highest BCUT2D eigenvalue weighted by molar-refractivity contribution is 5.85. The summed E-state index contributed by atoms with van der Waals surface area (Å²) < 4.78 is 10.4. The number of methoxy groups -OCH3 is 1. The van der Waals surface area contributed by atoms with Crippen LogP contribution in [0.15, 0.2) is 24.3 Å². The van der Waals surface area contributed by atoms with E-state index in [2.05, 4.69) is 6.92 Å². The maximum atomic E-state index is 11.9. The molecule has 1 aromatic carbocycles. The van der Waals surface area contributed by atoms with Gasteiger partial charge in [-0.15, -0.1) is 0 Å². The molecule has 4 heteroatoms. The number of aldehydes is 1. The monoisotopic (exact) mass is 278 g/mol. The largest absolute Gasteiger partial charge is 0.494 e. The number of benzene rings is 1. The smallest absolute Gasteiger partial charge is 0.316 e.